The molecule has 1 amide bonds. The summed E-state index contributed by atoms with van der Waals surface area (Å²) in [4.78, 5) is 18.8. The van der Waals surface area contributed by atoms with Gasteiger partial charge in [-0.15, -0.1) is 0 Å². The van der Waals surface area contributed by atoms with Crippen LogP contribution < -0.4 is 0 Å². The molecule has 1 aromatic carbocycles. The summed E-state index contributed by atoms with van der Waals surface area (Å²) in [6.45, 7) is 1.60. The van der Waals surface area contributed by atoms with E-state index in [1.807, 2.05) is 9.58 Å². The van der Waals surface area contributed by atoms with Gasteiger partial charge in [-0.1, -0.05) is 18.2 Å². The Balaban J connectivity index is 1.42. The van der Waals surface area contributed by atoms with Gasteiger partial charge in [0.15, 0.2) is 0 Å². The van der Waals surface area contributed by atoms with Crippen LogP contribution in [-0.2, 0) is 24.1 Å². The molecule has 5 heteroatoms. The van der Waals surface area contributed by atoms with Gasteiger partial charge in [-0.05, 0) is 55.2 Å². The molecule has 0 radical (unpaired) electrons. The lowest BCUT2D eigenvalue weighted by atomic mass is 9.90. The van der Waals surface area contributed by atoms with Crippen LogP contribution in [-0.4, -0.2) is 38.7 Å². The van der Waals surface area contributed by atoms with Crippen molar-refractivity contribution in [3.05, 3.63) is 47.5 Å². The van der Waals surface area contributed by atoms with Crippen LogP contribution in [0.1, 0.15) is 48.4 Å². The van der Waals surface area contributed by atoms with Crippen LogP contribution in [0.15, 0.2) is 30.9 Å². The third kappa shape index (κ3) is 3.21. The molecule has 0 saturated carbocycles. The monoisotopic (exact) mass is 324 g/mol. The van der Waals surface area contributed by atoms with Crippen molar-refractivity contribution < 1.29 is 4.79 Å². The lowest BCUT2D eigenvalue weighted by Gasteiger charge is -2.32. The molecule has 0 N–H and O–H groups in total. The van der Waals surface area contributed by atoms with Crippen molar-refractivity contribution in [3.8, 4) is 0 Å². The average Bonchev–Trinajstić information content (AvgIpc) is 3.16. The molecule has 2 aliphatic rings. The summed E-state index contributed by atoms with van der Waals surface area (Å²) in [6, 6.07) is 6.88. The highest BCUT2D eigenvalue weighted by Crippen LogP contribution is 2.24. The number of aromatic nitrogens is 3. The summed E-state index contributed by atoms with van der Waals surface area (Å²) in [7, 11) is 0. The van der Waals surface area contributed by atoms with E-state index in [-0.39, 0.29) is 11.9 Å². The van der Waals surface area contributed by atoms with Gasteiger partial charge in [-0.25, -0.2) is 9.67 Å². The molecule has 0 bridgehead atoms. The standard InChI is InChI=1S/C19H24N4O/c24-19(11-15-7-8-16-4-1-2-5-17(16)10-15)22-9-3-6-18(12-22)23-14-20-13-21-23/h7-8,10,13-14,18H,1-6,9,11-12H2/t18-/m1/s1. The van der Waals surface area contributed by atoms with Crippen molar-refractivity contribution in [2.45, 2.75) is 51.0 Å². The van der Waals surface area contributed by atoms with Gasteiger partial charge >= 0.3 is 0 Å². The summed E-state index contributed by atoms with van der Waals surface area (Å²) in [5, 5.41) is 4.23. The van der Waals surface area contributed by atoms with Crippen LogP contribution in [0.25, 0.3) is 0 Å². The van der Waals surface area contributed by atoms with Crippen LogP contribution >= 0.6 is 0 Å². The van der Waals surface area contributed by atoms with Gasteiger partial charge in [0.25, 0.3) is 0 Å². The van der Waals surface area contributed by atoms with E-state index in [9.17, 15) is 4.79 Å². The van der Waals surface area contributed by atoms with Gasteiger partial charge in [0.2, 0.25) is 5.91 Å². The maximum atomic E-state index is 12.7. The summed E-state index contributed by atoms with van der Waals surface area (Å²) < 4.78 is 1.89. The Morgan fingerprint density at radius 3 is 2.88 bits per heavy atom. The highest BCUT2D eigenvalue weighted by atomic mass is 16.2. The average molecular weight is 324 g/mol. The van der Waals surface area contributed by atoms with E-state index < -0.39 is 0 Å². The second-order valence-corrected chi connectivity index (χ2v) is 7.00. The minimum atomic E-state index is 0.232. The Morgan fingerprint density at radius 1 is 1.17 bits per heavy atom. The fraction of sp³-hybridized carbons (Fsp3) is 0.526. The first-order valence-electron chi connectivity index (χ1n) is 9.02. The summed E-state index contributed by atoms with van der Waals surface area (Å²) in [5.74, 6) is 0.232. The molecule has 1 aliphatic carbocycles. The predicted octanol–water partition coefficient (Wildman–Crippen LogP) is 2.56. The van der Waals surface area contributed by atoms with Gasteiger partial charge in [0.05, 0.1) is 12.5 Å². The van der Waals surface area contributed by atoms with Gasteiger partial charge in [-0.3, -0.25) is 4.79 Å². The van der Waals surface area contributed by atoms with E-state index >= 15 is 0 Å². The van der Waals surface area contributed by atoms with E-state index in [4.69, 9.17) is 0 Å². The topological polar surface area (TPSA) is 51.0 Å². The lowest BCUT2D eigenvalue weighted by Crippen LogP contribution is -2.41. The van der Waals surface area contributed by atoms with E-state index in [2.05, 4.69) is 28.3 Å². The van der Waals surface area contributed by atoms with Gasteiger partial charge in [-0.2, -0.15) is 5.10 Å². The number of fused-ring (bicyclic) bond motifs is 1. The second kappa shape index (κ2) is 6.75. The molecule has 1 saturated heterocycles. The van der Waals surface area contributed by atoms with Crippen LogP contribution in [0.3, 0.4) is 0 Å². The number of aryl methyl sites for hydroxylation is 2. The zero-order valence-electron chi connectivity index (χ0n) is 14.0. The highest BCUT2D eigenvalue weighted by molar-refractivity contribution is 5.79. The number of rotatable bonds is 3. The number of carbonyl (C=O) groups excluding carboxylic acids is 1. The molecule has 4 rings (SSSR count). The molecule has 0 spiro atoms. The Labute approximate surface area is 142 Å². The molecule has 126 valence electrons. The van der Waals surface area contributed by atoms with Crippen molar-refractivity contribution in [1.29, 1.82) is 0 Å². The number of hydrogen-bond acceptors (Lipinski definition) is 3. The molecular formula is C19H24N4O. The van der Waals surface area contributed by atoms with E-state index in [0.29, 0.717) is 6.42 Å². The van der Waals surface area contributed by atoms with E-state index in [0.717, 1.165) is 37.9 Å². The number of amides is 1. The van der Waals surface area contributed by atoms with Crippen LogP contribution in [0.5, 0.6) is 0 Å². The Hall–Kier alpha value is -2.17. The molecule has 2 heterocycles. The molecule has 1 aromatic heterocycles. The first-order valence-corrected chi connectivity index (χ1v) is 9.02. The van der Waals surface area contributed by atoms with Crippen molar-refractivity contribution in [2.24, 2.45) is 0 Å². The molecule has 5 nitrogen and oxygen atoms in total. The SMILES string of the molecule is O=C(Cc1ccc2c(c1)CCCC2)N1CCC[C@@H](n2cncn2)C1. The first kappa shape index (κ1) is 15.4. The molecular weight excluding hydrogens is 300 g/mol. The minimum absolute atomic E-state index is 0.232. The molecule has 1 fully saturated rings. The molecule has 24 heavy (non-hydrogen) atoms. The fourth-order valence-corrected chi connectivity index (χ4v) is 3.99. The third-order valence-electron chi connectivity index (χ3n) is 5.33. The summed E-state index contributed by atoms with van der Waals surface area (Å²) in [6.07, 6.45) is 10.8. The smallest absolute Gasteiger partial charge is 0.227 e. The van der Waals surface area contributed by atoms with Crippen LogP contribution in [0.2, 0.25) is 0 Å². The Morgan fingerprint density at radius 2 is 2.04 bits per heavy atom. The molecule has 0 unspecified atom stereocenters. The van der Waals surface area contributed by atoms with Crippen molar-refractivity contribution in [2.75, 3.05) is 13.1 Å². The van der Waals surface area contributed by atoms with Gasteiger partial charge in [0, 0.05) is 13.1 Å². The quantitative estimate of drug-likeness (QED) is 0.872. The third-order valence-corrected chi connectivity index (χ3v) is 5.33. The van der Waals surface area contributed by atoms with E-state index in [1.165, 1.54) is 30.4 Å². The number of nitrogens with zero attached hydrogens (tertiary/aromatic N) is 4. The van der Waals surface area contributed by atoms with Crippen molar-refractivity contribution >= 4 is 5.91 Å². The number of hydrogen-bond donors (Lipinski definition) is 0. The summed E-state index contributed by atoms with van der Waals surface area (Å²) in [5.41, 5.74) is 4.08. The second-order valence-electron chi connectivity index (χ2n) is 7.00. The number of carbonyl (C=O) groups is 1. The minimum Gasteiger partial charge on any atom is -0.340 e. The normalized spacial score (nSPS) is 20.7. The summed E-state index contributed by atoms with van der Waals surface area (Å²) >= 11 is 0. The fourth-order valence-electron chi connectivity index (χ4n) is 3.99. The zero-order valence-corrected chi connectivity index (χ0v) is 14.0. The largest absolute Gasteiger partial charge is 0.340 e. The maximum absolute atomic E-state index is 12.7. The van der Waals surface area contributed by atoms with Crippen molar-refractivity contribution in [1.82, 2.24) is 19.7 Å². The Kier molecular flexibility index (Phi) is 4.32. The lowest BCUT2D eigenvalue weighted by molar-refractivity contribution is -0.132. The molecule has 1 atom stereocenters. The first-order chi connectivity index (χ1) is 11.8. The molecule has 1 aliphatic heterocycles. The molecule has 2 aromatic rings. The van der Waals surface area contributed by atoms with Crippen molar-refractivity contribution in [3.63, 3.8) is 0 Å². The van der Waals surface area contributed by atoms with Gasteiger partial charge in [0.1, 0.15) is 12.7 Å². The number of likely N-dealkylation sites (tertiary alicyclic amines) is 1. The van der Waals surface area contributed by atoms with E-state index in [1.54, 1.807) is 12.7 Å². The number of piperidine rings is 1. The van der Waals surface area contributed by atoms with Gasteiger partial charge < -0.3 is 4.90 Å². The zero-order chi connectivity index (χ0) is 16.4. The van der Waals surface area contributed by atoms with Crippen LogP contribution in [0, 0.1) is 0 Å². The predicted molar refractivity (Wildman–Crippen MR) is 91.7 cm³/mol. The maximum Gasteiger partial charge on any atom is 0.227 e. The highest BCUT2D eigenvalue weighted by Gasteiger charge is 2.25. The Bertz CT molecular complexity index is 710. The number of benzene rings is 1. The van der Waals surface area contributed by atoms with Crippen LogP contribution in [0.4, 0.5) is 0 Å².